The van der Waals surface area contributed by atoms with E-state index >= 15 is 0 Å². The first kappa shape index (κ1) is 21.6. The molecule has 3 aromatic rings. The molecule has 2 N–H and O–H groups in total. The van der Waals surface area contributed by atoms with Crippen molar-refractivity contribution in [3.63, 3.8) is 0 Å². The van der Waals surface area contributed by atoms with E-state index in [1.807, 2.05) is 42.3 Å². The summed E-state index contributed by atoms with van der Waals surface area (Å²) in [4.78, 5) is 13.4. The third kappa shape index (κ3) is 4.01. The molecule has 8 heteroatoms. The Morgan fingerprint density at radius 3 is 2.58 bits per heavy atom. The predicted molar refractivity (Wildman–Crippen MR) is 132 cm³/mol. The maximum atomic E-state index is 13.4. The van der Waals surface area contributed by atoms with Crippen molar-refractivity contribution < 1.29 is 9.90 Å². The number of carbonyl (C=O) groups is 1. The van der Waals surface area contributed by atoms with E-state index in [-0.39, 0.29) is 23.6 Å². The average molecular weight is 481 g/mol. The van der Waals surface area contributed by atoms with Crippen molar-refractivity contribution in [1.29, 1.82) is 0 Å². The van der Waals surface area contributed by atoms with Gasteiger partial charge < -0.3 is 5.11 Å². The zero-order valence-corrected chi connectivity index (χ0v) is 19.4. The van der Waals surface area contributed by atoms with Crippen molar-refractivity contribution >= 4 is 46.2 Å². The summed E-state index contributed by atoms with van der Waals surface area (Å²) in [6, 6.07) is 19.9. The lowest BCUT2D eigenvalue weighted by Crippen LogP contribution is -2.45. The third-order valence-electron chi connectivity index (χ3n) is 6.13. The number of benzene rings is 3. The van der Waals surface area contributed by atoms with Crippen LogP contribution >= 0.6 is 23.2 Å². The summed E-state index contributed by atoms with van der Waals surface area (Å²) in [5.41, 5.74) is 7.20. The fourth-order valence-electron chi connectivity index (χ4n) is 4.49. The van der Waals surface area contributed by atoms with Crippen LogP contribution in [0.2, 0.25) is 10.0 Å². The van der Waals surface area contributed by atoms with Crippen LogP contribution in [0.25, 0.3) is 0 Å². The van der Waals surface area contributed by atoms with E-state index in [1.165, 1.54) is 5.56 Å². The molecule has 2 heterocycles. The van der Waals surface area contributed by atoms with Gasteiger partial charge in [0.25, 0.3) is 5.91 Å². The van der Waals surface area contributed by atoms with E-state index in [4.69, 9.17) is 28.3 Å². The second kappa shape index (κ2) is 8.61. The first-order chi connectivity index (χ1) is 15.9. The van der Waals surface area contributed by atoms with Crippen LogP contribution in [-0.2, 0) is 11.2 Å². The van der Waals surface area contributed by atoms with Crippen LogP contribution in [0.1, 0.15) is 24.1 Å². The summed E-state index contributed by atoms with van der Waals surface area (Å²) in [5, 5.41) is 19.1. The summed E-state index contributed by atoms with van der Waals surface area (Å²) in [5.74, 6) is -0.318. The van der Waals surface area contributed by atoms with Crippen molar-refractivity contribution in [3.05, 3.63) is 87.9 Å². The summed E-state index contributed by atoms with van der Waals surface area (Å²) in [7, 11) is 0. The number of halogens is 2. The van der Waals surface area contributed by atoms with Gasteiger partial charge in [-0.2, -0.15) is 5.10 Å². The Kier molecular flexibility index (Phi) is 5.64. The molecule has 0 unspecified atom stereocenters. The molecule has 5 rings (SSSR count). The van der Waals surface area contributed by atoms with Crippen LogP contribution in [0, 0.1) is 5.92 Å². The van der Waals surface area contributed by atoms with E-state index in [0.29, 0.717) is 28.0 Å². The van der Waals surface area contributed by atoms with Crippen molar-refractivity contribution in [2.24, 2.45) is 11.0 Å². The topological polar surface area (TPSA) is 68.2 Å². The number of phenolic OH excluding ortho intramolecular Hbond substituents is 1. The van der Waals surface area contributed by atoms with Crippen LogP contribution in [0.15, 0.2) is 71.8 Å². The van der Waals surface area contributed by atoms with Crippen molar-refractivity contribution in [3.8, 4) is 5.75 Å². The lowest BCUT2D eigenvalue weighted by atomic mass is 9.91. The lowest BCUT2D eigenvalue weighted by molar-refractivity contribution is -0.115. The quantitative estimate of drug-likeness (QED) is 0.528. The zero-order chi connectivity index (χ0) is 23.1. The first-order valence-corrected chi connectivity index (χ1v) is 11.5. The third-order valence-corrected chi connectivity index (χ3v) is 6.67. The fraction of sp³-hybridized carbons (Fsp3) is 0.200. The largest absolute Gasteiger partial charge is 0.508 e. The molecule has 0 aliphatic carbocycles. The van der Waals surface area contributed by atoms with Crippen LogP contribution in [0.4, 0.5) is 11.4 Å². The molecule has 2 aliphatic rings. The van der Waals surface area contributed by atoms with E-state index in [2.05, 4.69) is 11.5 Å². The number of anilines is 2. The molecule has 168 valence electrons. The molecule has 6 nitrogen and oxygen atoms in total. The Hall–Kier alpha value is -3.22. The second-order valence-corrected chi connectivity index (χ2v) is 9.07. The maximum Gasteiger partial charge on any atom is 0.286 e. The normalized spacial score (nSPS) is 19.4. The van der Waals surface area contributed by atoms with Crippen LogP contribution in [0.5, 0.6) is 5.75 Å². The number of fused-ring (bicyclic) bond motifs is 1. The van der Waals surface area contributed by atoms with Gasteiger partial charge in [0.15, 0.2) is 0 Å². The minimum atomic E-state index is -0.282. The van der Waals surface area contributed by atoms with Gasteiger partial charge in [0.2, 0.25) is 0 Å². The van der Waals surface area contributed by atoms with Crippen molar-refractivity contribution in [1.82, 2.24) is 5.43 Å². The molecule has 0 spiro atoms. The molecule has 0 aromatic heterocycles. The second-order valence-electron chi connectivity index (χ2n) is 8.22. The highest BCUT2D eigenvalue weighted by molar-refractivity contribution is 6.41. The number of hydrogen-bond donors (Lipinski definition) is 2. The number of rotatable bonds is 4. The minimum Gasteiger partial charge on any atom is -0.508 e. The van der Waals surface area contributed by atoms with E-state index in [0.717, 1.165) is 17.7 Å². The van der Waals surface area contributed by atoms with Crippen LogP contribution in [0.3, 0.4) is 0 Å². The number of hydrogen-bond acceptors (Lipinski definition) is 5. The Balaban J connectivity index is 1.49. The standard InChI is InChI=1S/C25H22Cl2N4O2/c1-15-23(25(33)29-30-13-12-16-4-2-3-5-21(16)30)28-31(22-11-8-18(26)14-20(22)27)24(15)17-6-9-19(32)10-7-17/h2-11,14-15,24,32H,12-13H2,1H3,(H,29,33)/t15-,24-/m1/s1. The molecular formula is C25H22Cl2N4O2. The molecule has 0 saturated heterocycles. The van der Waals surface area contributed by atoms with Gasteiger partial charge >= 0.3 is 0 Å². The molecule has 0 bridgehead atoms. The molecule has 1 amide bonds. The van der Waals surface area contributed by atoms with Gasteiger partial charge in [0.05, 0.1) is 22.4 Å². The molecule has 2 atom stereocenters. The van der Waals surface area contributed by atoms with Crippen molar-refractivity contribution in [2.45, 2.75) is 19.4 Å². The number of nitrogens with zero attached hydrogens (tertiary/aromatic N) is 3. The SMILES string of the molecule is C[C@@H]1C(C(=O)NN2CCc3ccccc32)=NN(c2ccc(Cl)cc2Cl)[C@H]1c1ccc(O)cc1. The van der Waals surface area contributed by atoms with E-state index in [9.17, 15) is 9.90 Å². The average Bonchev–Trinajstić information content (AvgIpc) is 3.36. The van der Waals surface area contributed by atoms with E-state index < -0.39 is 0 Å². The number of amides is 1. The van der Waals surface area contributed by atoms with Gasteiger partial charge in [-0.15, -0.1) is 0 Å². The summed E-state index contributed by atoms with van der Waals surface area (Å²) in [6.45, 7) is 2.68. The van der Waals surface area contributed by atoms with Gasteiger partial charge in [-0.05, 0) is 53.9 Å². The Morgan fingerprint density at radius 2 is 1.82 bits per heavy atom. The summed E-state index contributed by atoms with van der Waals surface area (Å²) < 4.78 is 0. The fourth-order valence-corrected chi connectivity index (χ4v) is 4.98. The van der Waals surface area contributed by atoms with Gasteiger partial charge in [0.1, 0.15) is 11.5 Å². The number of carbonyl (C=O) groups excluding carboxylic acids is 1. The highest BCUT2D eigenvalue weighted by Crippen LogP contribution is 2.42. The first-order valence-electron chi connectivity index (χ1n) is 10.7. The van der Waals surface area contributed by atoms with Crippen molar-refractivity contribution in [2.75, 3.05) is 16.6 Å². The number of nitrogens with one attached hydrogen (secondary N) is 1. The number of hydrazone groups is 1. The van der Waals surface area contributed by atoms with Gasteiger partial charge in [-0.3, -0.25) is 20.2 Å². The Bertz CT molecular complexity index is 1250. The smallest absolute Gasteiger partial charge is 0.286 e. The number of para-hydroxylation sites is 1. The minimum absolute atomic E-state index is 0.173. The highest BCUT2D eigenvalue weighted by atomic mass is 35.5. The van der Waals surface area contributed by atoms with E-state index in [1.54, 1.807) is 35.3 Å². The predicted octanol–water partition coefficient (Wildman–Crippen LogP) is 5.35. The molecule has 3 aromatic carbocycles. The van der Waals surface area contributed by atoms with Gasteiger partial charge in [0, 0.05) is 17.5 Å². The molecule has 33 heavy (non-hydrogen) atoms. The molecule has 0 radical (unpaired) electrons. The van der Waals surface area contributed by atoms with Crippen LogP contribution < -0.4 is 15.4 Å². The monoisotopic (exact) mass is 480 g/mol. The summed E-state index contributed by atoms with van der Waals surface area (Å²) in [6.07, 6.45) is 0.876. The maximum absolute atomic E-state index is 13.4. The zero-order valence-electron chi connectivity index (χ0n) is 17.9. The Labute approximate surface area is 202 Å². The lowest BCUT2D eigenvalue weighted by Gasteiger charge is -2.27. The van der Waals surface area contributed by atoms with Crippen LogP contribution in [-0.4, -0.2) is 23.3 Å². The number of aromatic hydroxyl groups is 1. The molecule has 0 saturated carbocycles. The number of phenols is 1. The van der Waals surface area contributed by atoms with Gasteiger partial charge in [-0.25, -0.2) is 0 Å². The Morgan fingerprint density at radius 1 is 1.06 bits per heavy atom. The molecule has 0 fully saturated rings. The highest BCUT2D eigenvalue weighted by Gasteiger charge is 2.40. The number of hydrazine groups is 1. The summed E-state index contributed by atoms with van der Waals surface area (Å²) >= 11 is 12.6. The molecular weight excluding hydrogens is 459 g/mol. The van der Waals surface area contributed by atoms with Gasteiger partial charge in [-0.1, -0.05) is 60.5 Å². The molecule has 2 aliphatic heterocycles.